The predicted octanol–water partition coefficient (Wildman–Crippen LogP) is 4.87. The van der Waals surface area contributed by atoms with Crippen LogP contribution in [0.5, 0.6) is 0 Å². The minimum absolute atomic E-state index is 0.0335. The molecule has 0 heterocycles. The average molecular weight is 330 g/mol. The Morgan fingerprint density at radius 1 is 1.14 bits per heavy atom. The maximum Gasteiger partial charge on any atom is 0.294 e. The van der Waals surface area contributed by atoms with E-state index in [4.69, 9.17) is 0 Å². The number of unbranched alkanes of at least 4 members (excludes halogenated alkanes) is 5. The summed E-state index contributed by atoms with van der Waals surface area (Å²) in [6.45, 7) is 3.98. The summed E-state index contributed by atoms with van der Waals surface area (Å²) in [6, 6.07) is 4.59. The molecule has 1 atom stereocenters. The second-order valence-electron chi connectivity index (χ2n) is 5.94. The lowest BCUT2D eigenvalue weighted by Crippen LogP contribution is -2.10. The summed E-state index contributed by atoms with van der Waals surface area (Å²) < 4.78 is 46.0. The molecule has 1 N–H and O–H groups in total. The van der Waals surface area contributed by atoms with Crippen LogP contribution in [-0.4, -0.2) is 19.1 Å². The van der Waals surface area contributed by atoms with E-state index in [2.05, 4.69) is 6.92 Å². The first-order chi connectivity index (χ1) is 10.3. The van der Waals surface area contributed by atoms with Crippen molar-refractivity contribution in [3.8, 4) is 0 Å². The van der Waals surface area contributed by atoms with Crippen molar-refractivity contribution < 1.29 is 17.4 Å². The largest absolute Gasteiger partial charge is 0.294 e. The summed E-state index contributed by atoms with van der Waals surface area (Å²) in [5, 5.41) is 0. The second kappa shape index (κ2) is 9.26. The molecule has 0 spiro atoms. The maximum absolute atomic E-state index is 14.1. The van der Waals surface area contributed by atoms with Crippen LogP contribution in [0.25, 0.3) is 0 Å². The van der Waals surface area contributed by atoms with Gasteiger partial charge >= 0.3 is 0 Å². The van der Waals surface area contributed by atoms with Gasteiger partial charge in [-0.1, -0.05) is 63.1 Å². The van der Waals surface area contributed by atoms with E-state index >= 15 is 0 Å². The molecule has 1 rings (SSSR count). The first-order valence-corrected chi connectivity index (χ1v) is 9.49. The van der Waals surface area contributed by atoms with E-state index in [1.165, 1.54) is 25.3 Å². The van der Waals surface area contributed by atoms with Gasteiger partial charge in [-0.3, -0.25) is 4.55 Å². The van der Waals surface area contributed by atoms with Gasteiger partial charge in [0.25, 0.3) is 10.1 Å². The summed E-state index contributed by atoms with van der Waals surface area (Å²) in [5.74, 6) is 0. The van der Waals surface area contributed by atoms with Crippen molar-refractivity contribution in [3.05, 3.63) is 29.3 Å². The first kappa shape index (κ1) is 19.1. The van der Waals surface area contributed by atoms with Gasteiger partial charge in [-0.15, -0.1) is 0 Å². The van der Waals surface area contributed by atoms with Gasteiger partial charge in [-0.2, -0.15) is 8.42 Å². The Labute approximate surface area is 133 Å². The smallest absolute Gasteiger partial charge is 0.282 e. The maximum atomic E-state index is 14.1. The van der Waals surface area contributed by atoms with Crippen molar-refractivity contribution in [3.63, 3.8) is 0 Å². The standard InChI is InChI=1S/C17H27FO3S/c1-3-4-5-6-7-8-9-16(18)13-15-12-14(2)10-11-17(15)22(19,20)21/h10-12,16H,3-9,13H2,1-2H3,(H,19,20,21)/t16-/m1/s1. The number of alkyl halides is 1. The second-order valence-corrected chi connectivity index (χ2v) is 7.33. The fourth-order valence-electron chi connectivity index (χ4n) is 2.61. The van der Waals surface area contributed by atoms with Gasteiger partial charge in [-0.25, -0.2) is 4.39 Å². The molecule has 0 fully saturated rings. The van der Waals surface area contributed by atoms with E-state index in [0.717, 1.165) is 24.8 Å². The van der Waals surface area contributed by atoms with Crippen LogP contribution in [0.1, 0.15) is 63.0 Å². The number of hydrogen-bond acceptors (Lipinski definition) is 2. The molecular weight excluding hydrogens is 303 g/mol. The first-order valence-electron chi connectivity index (χ1n) is 8.05. The van der Waals surface area contributed by atoms with Gasteiger partial charge in [0.1, 0.15) is 6.17 Å². The molecule has 22 heavy (non-hydrogen) atoms. The molecule has 0 aliphatic rings. The lowest BCUT2D eigenvalue weighted by molar-refractivity contribution is 0.301. The highest BCUT2D eigenvalue weighted by Crippen LogP contribution is 2.22. The Morgan fingerprint density at radius 3 is 2.41 bits per heavy atom. The van der Waals surface area contributed by atoms with Gasteiger partial charge < -0.3 is 0 Å². The highest BCUT2D eigenvalue weighted by molar-refractivity contribution is 7.85. The van der Waals surface area contributed by atoms with Crippen LogP contribution >= 0.6 is 0 Å². The minimum Gasteiger partial charge on any atom is -0.282 e. The summed E-state index contributed by atoms with van der Waals surface area (Å²) in [7, 11) is -4.30. The summed E-state index contributed by atoms with van der Waals surface area (Å²) >= 11 is 0. The van der Waals surface area contributed by atoms with Gasteiger partial charge in [0.15, 0.2) is 0 Å². The SMILES string of the molecule is CCCCCCCC[C@@H](F)Cc1cc(C)ccc1S(=O)(=O)O. The normalized spacial score (nSPS) is 13.3. The van der Waals surface area contributed by atoms with E-state index < -0.39 is 16.3 Å². The monoisotopic (exact) mass is 330 g/mol. The lowest BCUT2D eigenvalue weighted by Gasteiger charge is -2.12. The molecule has 0 radical (unpaired) electrons. The fraction of sp³-hybridized carbons (Fsp3) is 0.647. The quantitative estimate of drug-likeness (QED) is 0.492. The van der Waals surface area contributed by atoms with E-state index in [9.17, 15) is 17.4 Å². The Kier molecular flexibility index (Phi) is 8.04. The molecule has 0 aromatic heterocycles. The van der Waals surface area contributed by atoms with E-state index in [-0.39, 0.29) is 11.3 Å². The van der Waals surface area contributed by atoms with Crippen LogP contribution in [-0.2, 0) is 16.5 Å². The predicted molar refractivity (Wildman–Crippen MR) is 87.6 cm³/mol. The minimum atomic E-state index is -4.30. The third kappa shape index (κ3) is 6.88. The highest BCUT2D eigenvalue weighted by atomic mass is 32.2. The van der Waals surface area contributed by atoms with E-state index in [1.807, 2.05) is 6.92 Å². The van der Waals surface area contributed by atoms with Gasteiger partial charge in [0.05, 0.1) is 4.90 Å². The molecule has 0 saturated heterocycles. The molecule has 5 heteroatoms. The van der Waals surface area contributed by atoms with Crippen LogP contribution in [0, 0.1) is 6.92 Å². The van der Waals surface area contributed by atoms with Crippen molar-refractivity contribution in [1.82, 2.24) is 0 Å². The molecule has 126 valence electrons. The summed E-state index contributed by atoms with van der Waals surface area (Å²) in [4.78, 5) is -0.177. The number of halogens is 1. The van der Waals surface area contributed by atoms with Gasteiger partial charge in [0.2, 0.25) is 0 Å². The molecule has 0 bridgehead atoms. The van der Waals surface area contributed by atoms with Crippen molar-refractivity contribution in [2.75, 3.05) is 0 Å². The summed E-state index contributed by atoms with van der Waals surface area (Å²) in [5.41, 5.74) is 1.22. The Hall–Kier alpha value is -0.940. The zero-order chi connectivity index (χ0) is 16.6. The van der Waals surface area contributed by atoms with Crippen molar-refractivity contribution in [1.29, 1.82) is 0 Å². The molecule has 0 aliphatic carbocycles. The zero-order valence-electron chi connectivity index (χ0n) is 13.5. The fourth-order valence-corrected chi connectivity index (χ4v) is 3.32. The van der Waals surface area contributed by atoms with Gasteiger partial charge in [-0.05, 0) is 25.0 Å². The molecule has 3 nitrogen and oxygen atoms in total. The molecule has 0 unspecified atom stereocenters. The van der Waals surface area contributed by atoms with Crippen LogP contribution < -0.4 is 0 Å². The molecule has 0 amide bonds. The summed E-state index contributed by atoms with van der Waals surface area (Å²) in [6.07, 6.45) is 5.96. The Bertz CT molecular complexity index is 555. The third-order valence-electron chi connectivity index (χ3n) is 3.81. The van der Waals surface area contributed by atoms with Crippen LogP contribution in [0.4, 0.5) is 4.39 Å². The molecule has 0 saturated carbocycles. The van der Waals surface area contributed by atoms with Crippen molar-refractivity contribution >= 4 is 10.1 Å². The van der Waals surface area contributed by atoms with Gasteiger partial charge in [0, 0.05) is 6.42 Å². The number of benzene rings is 1. The molecule has 1 aromatic carbocycles. The number of rotatable bonds is 10. The van der Waals surface area contributed by atoms with Crippen LogP contribution in [0.3, 0.4) is 0 Å². The topological polar surface area (TPSA) is 54.4 Å². The highest BCUT2D eigenvalue weighted by Gasteiger charge is 2.18. The van der Waals surface area contributed by atoms with Crippen molar-refractivity contribution in [2.24, 2.45) is 0 Å². The third-order valence-corrected chi connectivity index (χ3v) is 4.76. The van der Waals surface area contributed by atoms with E-state index in [0.29, 0.717) is 12.0 Å². The molecule has 0 aliphatic heterocycles. The zero-order valence-corrected chi connectivity index (χ0v) is 14.3. The number of hydrogen-bond donors (Lipinski definition) is 1. The number of aryl methyl sites for hydroxylation is 1. The van der Waals surface area contributed by atoms with E-state index in [1.54, 1.807) is 12.1 Å². The average Bonchev–Trinajstić information content (AvgIpc) is 2.41. The lowest BCUT2D eigenvalue weighted by atomic mass is 10.0. The van der Waals surface area contributed by atoms with Crippen LogP contribution in [0.2, 0.25) is 0 Å². The van der Waals surface area contributed by atoms with Crippen LogP contribution in [0.15, 0.2) is 23.1 Å². The Balaban J connectivity index is 2.54. The molecular formula is C17H27FO3S. The molecule has 1 aromatic rings. The van der Waals surface area contributed by atoms with Crippen molar-refractivity contribution in [2.45, 2.75) is 76.3 Å². The Morgan fingerprint density at radius 2 is 1.77 bits per heavy atom.